The first-order chi connectivity index (χ1) is 9.40. The minimum absolute atomic E-state index is 0.145. The number of pyridine rings is 1. The van der Waals surface area contributed by atoms with Gasteiger partial charge in [-0.25, -0.2) is 9.78 Å². The molecule has 0 aliphatic carbocycles. The van der Waals surface area contributed by atoms with E-state index in [0.717, 1.165) is 17.0 Å². The topological polar surface area (TPSA) is 88.2 Å². The summed E-state index contributed by atoms with van der Waals surface area (Å²) in [5.41, 5.74) is 2.61. The standard InChI is InChI=1S/C14H17N3O3/c1-7-5-6-11(14(18)19)13(15-7)16-8(2)12-9(3)17-20-10(12)4/h5-6,8H,1-4H3,(H,15,16)(H,18,19). The van der Waals surface area contributed by atoms with E-state index in [-0.39, 0.29) is 11.6 Å². The third kappa shape index (κ3) is 2.64. The molecule has 0 fully saturated rings. The summed E-state index contributed by atoms with van der Waals surface area (Å²) in [4.78, 5) is 15.5. The molecule has 2 rings (SSSR count). The molecule has 2 N–H and O–H groups in total. The number of carbonyl (C=O) groups is 1. The lowest BCUT2D eigenvalue weighted by atomic mass is 10.1. The number of hydrogen-bond donors (Lipinski definition) is 2. The summed E-state index contributed by atoms with van der Waals surface area (Å²) in [5, 5.41) is 16.2. The average Bonchev–Trinajstić information content (AvgIpc) is 2.68. The van der Waals surface area contributed by atoms with E-state index in [4.69, 9.17) is 4.52 Å². The fourth-order valence-electron chi connectivity index (χ4n) is 2.22. The van der Waals surface area contributed by atoms with Gasteiger partial charge in [0.25, 0.3) is 0 Å². The molecule has 2 aromatic rings. The largest absolute Gasteiger partial charge is 0.478 e. The molecule has 0 aliphatic heterocycles. The van der Waals surface area contributed by atoms with E-state index in [1.165, 1.54) is 0 Å². The van der Waals surface area contributed by atoms with Gasteiger partial charge in [-0.05, 0) is 39.8 Å². The maximum Gasteiger partial charge on any atom is 0.339 e. The number of anilines is 1. The first-order valence-corrected chi connectivity index (χ1v) is 6.30. The van der Waals surface area contributed by atoms with Gasteiger partial charge in [0.05, 0.1) is 11.7 Å². The van der Waals surface area contributed by atoms with Crippen molar-refractivity contribution in [1.29, 1.82) is 0 Å². The molecule has 20 heavy (non-hydrogen) atoms. The highest BCUT2D eigenvalue weighted by Crippen LogP contribution is 2.25. The van der Waals surface area contributed by atoms with E-state index in [1.807, 2.05) is 27.7 Å². The molecular formula is C14H17N3O3. The average molecular weight is 275 g/mol. The summed E-state index contributed by atoms with van der Waals surface area (Å²) in [6, 6.07) is 3.08. The van der Waals surface area contributed by atoms with Gasteiger partial charge < -0.3 is 14.9 Å². The van der Waals surface area contributed by atoms with E-state index >= 15 is 0 Å². The summed E-state index contributed by atoms with van der Waals surface area (Å²) >= 11 is 0. The Hall–Kier alpha value is -2.37. The predicted octanol–water partition coefficient (Wildman–Crippen LogP) is 2.87. The number of aromatic carboxylic acids is 1. The number of nitrogens with zero attached hydrogens (tertiary/aromatic N) is 2. The van der Waals surface area contributed by atoms with Crippen molar-refractivity contribution in [3.8, 4) is 0 Å². The monoisotopic (exact) mass is 275 g/mol. The normalized spacial score (nSPS) is 12.2. The Morgan fingerprint density at radius 2 is 2.05 bits per heavy atom. The van der Waals surface area contributed by atoms with Crippen LogP contribution in [0, 0.1) is 20.8 Å². The minimum Gasteiger partial charge on any atom is -0.478 e. The molecule has 2 heterocycles. The van der Waals surface area contributed by atoms with Gasteiger partial charge in [0.2, 0.25) is 0 Å². The van der Waals surface area contributed by atoms with E-state index < -0.39 is 5.97 Å². The van der Waals surface area contributed by atoms with Gasteiger partial charge in [0.15, 0.2) is 0 Å². The third-order valence-corrected chi connectivity index (χ3v) is 3.14. The van der Waals surface area contributed by atoms with Crippen molar-refractivity contribution in [2.24, 2.45) is 0 Å². The zero-order valence-electron chi connectivity index (χ0n) is 11.9. The van der Waals surface area contributed by atoms with Gasteiger partial charge in [0.1, 0.15) is 17.1 Å². The van der Waals surface area contributed by atoms with Crippen molar-refractivity contribution in [1.82, 2.24) is 10.1 Å². The van der Waals surface area contributed by atoms with Crippen LogP contribution in [-0.2, 0) is 0 Å². The van der Waals surface area contributed by atoms with E-state index in [2.05, 4.69) is 15.5 Å². The van der Waals surface area contributed by atoms with Crippen molar-refractivity contribution in [3.05, 3.63) is 40.4 Å². The molecule has 6 nitrogen and oxygen atoms in total. The Labute approximate surface area is 116 Å². The quantitative estimate of drug-likeness (QED) is 0.892. The fourth-order valence-corrected chi connectivity index (χ4v) is 2.22. The molecule has 0 amide bonds. The smallest absolute Gasteiger partial charge is 0.339 e. The highest BCUT2D eigenvalue weighted by atomic mass is 16.5. The van der Waals surface area contributed by atoms with Gasteiger partial charge in [0, 0.05) is 11.3 Å². The molecule has 0 aliphatic rings. The van der Waals surface area contributed by atoms with Gasteiger partial charge in [-0.15, -0.1) is 0 Å². The Morgan fingerprint density at radius 3 is 2.60 bits per heavy atom. The second-order valence-corrected chi connectivity index (χ2v) is 4.76. The van der Waals surface area contributed by atoms with E-state index in [9.17, 15) is 9.90 Å². The van der Waals surface area contributed by atoms with Crippen molar-refractivity contribution in [2.45, 2.75) is 33.7 Å². The van der Waals surface area contributed by atoms with Crippen LogP contribution < -0.4 is 5.32 Å². The van der Waals surface area contributed by atoms with Gasteiger partial charge in [-0.3, -0.25) is 0 Å². The van der Waals surface area contributed by atoms with Crippen LogP contribution in [-0.4, -0.2) is 21.2 Å². The molecule has 1 unspecified atom stereocenters. The number of hydrogen-bond acceptors (Lipinski definition) is 5. The SMILES string of the molecule is Cc1ccc(C(=O)O)c(NC(C)c2c(C)noc2C)n1. The van der Waals surface area contributed by atoms with Crippen LogP contribution in [0.25, 0.3) is 0 Å². The Bertz CT molecular complexity index is 630. The molecule has 0 aromatic carbocycles. The molecule has 0 bridgehead atoms. The lowest BCUT2D eigenvalue weighted by Crippen LogP contribution is -2.13. The summed E-state index contributed by atoms with van der Waals surface area (Å²) in [7, 11) is 0. The van der Waals surface area contributed by atoms with Crippen molar-refractivity contribution < 1.29 is 14.4 Å². The van der Waals surface area contributed by atoms with Gasteiger partial charge >= 0.3 is 5.97 Å². The van der Waals surface area contributed by atoms with E-state index in [1.54, 1.807) is 12.1 Å². The zero-order chi connectivity index (χ0) is 14.9. The molecule has 0 spiro atoms. The summed E-state index contributed by atoms with van der Waals surface area (Å²) < 4.78 is 5.13. The lowest BCUT2D eigenvalue weighted by molar-refractivity contribution is 0.0697. The van der Waals surface area contributed by atoms with Crippen LogP contribution in [0.2, 0.25) is 0 Å². The van der Waals surface area contributed by atoms with Crippen LogP contribution in [0.1, 0.15) is 46.0 Å². The number of aryl methyl sites for hydroxylation is 3. The number of nitrogens with one attached hydrogen (secondary N) is 1. The second-order valence-electron chi connectivity index (χ2n) is 4.76. The van der Waals surface area contributed by atoms with Crippen LogP contribution in [0.15, 0.2) is 16.7 Å². The summed E-state index contributed by atoms with van der Waals surface area (Å²) in [5.74, 6) is 0.0583. The molecular weight excluding hydrogens is 258 g/mol. The molecule has 1 atom stereocenters. The summed E-state index contributed by atoms with van der Waals surface area (Å²) in [6.45, 7) is 7.42. The highest BCUT2D eigenvalue weighted by molar-refractivity contribution is 5.93. The maximum absolute atomic E-state index is 11.2. The second kappa shape index (κ2) is 5.32. The van der Waals surface area contributed by atoms with Crippen LogP contribution in [0.4, 0.5) is 5.82 Å². The molecule has 106 valence electrons. The molecule has 2 aromatic heterocycles. The van der Waals surface area contributed by atoms with Crippen LogP contribution in [0.5, 0.6) is 0 Å². The molecule has 0 radical (unpaired) electrons. The first-order valence-electron chi connectivity index (χ1n) is 6.30. The Morgan fingerprint density at radius 1 is 1.35 bits per heavy atom. The molecule has 0 saturated carbocycles. The first kappa shape index (κ1) is 14.0. The number of aromatic nitrogens is 2. The highest BCUT2D eigenvalue weighted by Gasteiger charge is 2.19. The fraction of sp³-hybridized carbons (Fsp3) is 0.357. The molecule has 0 saturated heterocycles. The minimum atomic E-state index is -1.01. The molecule has 6 heteroatoms. The predicted molar refractivity (Wildman–Crippen MR) is 73.9 cm³/mol. The van der Waals surface area contributed by atoms with E-state index in [0.29, 0.717) is 11.6 Å². The zero-order valence-corrected chi connectivity index (χ0v) is 11.9. The van der Waals surface area contributed by atoms with Gasteiger partial charge in [-0.2, -0.15) is 0 Å². The van der Waals surface area contributed by atoms with Crippen molar-refractivity contribution in [2.75, 3.05) is 5.32 Å². The van der Waals surface area contributed by atoms with Crippen molar-refractivity contribution in [3.63, 3.8) is 0 Å². The van der Waals surface area contributed by atoms with Crippen molar-refractivity contribution >= 4 is 11.8 Å². The van der Waals surface area contributed by atoms with Gasteiger partial charge in [-0.1, -0.05) is 5.16 Å². The van der Waals surface area contributed by atoms with Crippen LogP contribution in [0.3, 0.4) is 0 Å². The van der Waals surface area contributed by atoms with Crippen LogP contribution >= 0.6 is 0 Å². The number of rotatable bonds is 4. The Kier molecular flexibility index (Phi) is 3.74. The Balaban J connectivity index is 2.35. The summed E-state index contributed by atoms with van der Waals surface area (Å²) in [6.07, 6.45) is 0. The number of carboxylic acid groups (broad SMARTS) is 1. The number of carboxylic acids is 1. The maximum atomic E-state index is 11.2. The lowest BCUT2D eigenvalue weighted by Gasteiger charge is -2.16. The third-order valence-electron chi connectivity index (χ3n) is 3.14.